The summed E-state index contributed by atoms with van der Waals surface area (Å²) >= 11 is 1.45. The maximum Gasteiger partial charge on any atom is 0.417 e. The van der Waals surface area contributed by atoms with Gasteiger partial charge in [-0.05, 0) is 25.1 Å². The number of aromatic nitrogens is 2. The summed E-state index contributed by atoms with van der Waals surface area (Å²) in [5.41, 5.74) is 0.811. The lowest BCUT2D eigenvalue weighted by atomic mass is 10.2. The predicted molar refractivity (Wildman–Crippen MR) is 83.2 cm³/mol. The average Bonchev–Trinajstić information content (AvgIpc) is 2.89. The van der Waals surface area contributed by atoms with Crippen LogP contribution >= 0.6 is 11.3 Å². The number of ether oxygens (including phenoxy) is 1. The van der Waals surface area contributed by atoms with Gasteiger partial charge >= 0.3 is 6.18 Å². The van der Waals surface area contributed by atoms with Crippen LogP contribution in [0.4, 0.5) is 18.9 Å². The zero-order valence-corrected chi connectivity index (χ0v) is 13.0. The van der Waals surface area contributed by atoms with E-state index in [-0.39, 0.29) is 5.88 Å². The second-order valence-corrected chi connectivity index (χ2v) is 5.96. The highest BCUT2D eigenvalue weighted by Gasteiger charge is 2.30. The molecule has 0 saturated heterocycles. The number of hydrogen-bond acceptors (Lipinski definition) is 5. The number of nitrogens with one attached hydrogen (secondary N) is 1. The topological polar surface area (TPSA) is 47.0 Å². The summed E-state index contributed by atoms with van der Waals surface area (Å²) < 4.78 is 44.1. The number of fused-ring (bicyclic) bond motifs is 1. The van der Waals surface area contributed by atoms with Gasteiger partial charge < -0.3 is 10.1 Å². The highest BCUT2D eigenvalue weighted by Crippen LogP contribution is 2.38. The van der Waals surface area contributed by atoms with Gasteiger partial charge in [0.25, 0.3) is 0 Å². The van der Waals surface area contributed by atoms with Gasteiger partial charge in [0.15, 0.2) is 0 Å². The van der Waals surface area contributed by atoms with Gasteiger partial charge in [0.2, 0.25) is 5.88 Å². The lowest BCUT2D eigenvalue weighted by Gasteiger charge is -2.09. The average molecular weight is 339 g/mol. The molecule has 0 amide bonds. The van der Waals surface area contributed by atoms with E-state index in [1.165, 1.54) is 17.4 Å². The Morgan fingerprint density at radius 3 is 2.57 bits per heavy atom. The number of rotatable bonds is 3. The molecular weight excluding hydrogens is 327 g/mol. The number of halogens is 3. The molecule has 2 aromatic heterocycles. The molecule has 0 saturated carbocycles. The van der Waals surface area contributed by atoms with Crippen LogP contribution in [0.3, 0.4) is 0 Å². The molecule has 0 aliphatic heterocycles. The van der Waals surface area contributed by atoms with Crippen molar-refractivity contribution in [3.8, 4) is 11.6 Å². The van der Waals surface area contributed by atoms with E-state index in [2.05, 4.69) is 15.3 Å². The quantitative estimate of drug-likeness (QED) is 0.741. The van der Waals surface area contributed by atoms with E-state index in [1.807, 2.05) is 6.92 Å². The van der Waals surface area contributed by atoms with Crippen molar-refractivity contribution in [2.45, 2.75) is 13.1 Å². The molecule has 0 aliphatic rings. The van der Waals surface area contributed by atoms with Crippen LogP contribution in [0.25, 0.3) is 10.2 Å². The second-order valence-electron chi connectivity index (χ2n) is 4.76. The lowest BCUT2D eigenvalue weighted by molar-refractivity contribution is -0.137. The van der Waals surface area contributed by atoms with Crippen LogP contribution in [0.5, 0.6) is 11.6 Å². The molecule has 8 heteroatoms. The monoisotopic (exact) mass is 339 g/mol. The van der Waals surface area contributed by atoms with Crippen molar-refractivity contribution in [2.75, 3.05) is 12.4 Å². The molecule has 4 nitrogen and oxygen atoms in total. The van der Waals surface area contributed by atoms with Gasteiger partial charge in [-0.25, -0.2) is 9.97 Å². The van der Waals surface area contributed by atoms with Crippen LogP contribution in [-0.2, 0) is 6.18 Å². The Morgan fingerprint density at radius 1 is 1.17 bits per heavy atom. The van der Waals surface area contributed by atoms with Crippen LogP contribution in [0.15, 0.2) is 30.5 Å². The van der Waals surface area contributed by atoms with Gasteiger partial charge in [-0.1, -0.05) is 0 Å². The van der Waals surface area contributed by atoms with E-state index in [9.17, 15) is 13.2 Å². The summed E-state index contributed by atoms with van der Waals surface area (Å²) in [6, 6.07) is 5.69. The van der Waals surface area contributed by atoms with E-state index >= 15 is 0 Å². The summed E-state index contributed by atoms with van der Waals surface area (Å²) in [7, 11) is 1.79. The first-order valence-electron chi connectivity index (χ1n) is 6.67. The number of anilines is 1. The highest BCUT2D eigenvalue weighted by atomic mass is 32.1. The van der Waals surface area contributed by atoms with Crippen molar-refractivity contribution >= 4 is 27.2 Å². The molecule has 120 valence electrons. The summed E-state index contributed by atoms with van der Waals surface area (Å²) in [5.74, 6) is 0.611. The third kappa shape index (κ3) is 3.07. The molecule has 23 heavy (non-hydrogen) atoms. The number of nitrogens with zero attached hydrogens (tertiary/aromatic N) is 2. The molecular formula is C15H12F3N3OS. The van der Waals surface area contributed by atoms with Crippen LogP contribution in [-0.4, -0.2) is 17.0 Å². The molecule has 3 rings (SSSR count). The van der Waals surface area contributed by atoms with Gasteiger partial charge in [-0.2, -0.15) is 13.2 Å². The molecule has 0 unspecified atom stereocenters. The SMILES string of the molecule is CNc1ccc(Oc2ccc(C(F)(F)F)cn2)c2sc(C)nc12. The van der Waals surface area contributed by atoms with Crippen molar-refractivity contribution in [1.29, 1.82) is 0 Å². The molecule has 0 spiro atoms. The summed E-state index contributed by atoms with van der Waals surface area (Å²) in [4.78, 5) is 8.16. The summed E-state index contributed by atoms with van der Waals surface area (Å²) in [5, 5.41) is 3.91. The molecule has 0 bridgehead atoms. The highest BCUT2D eigenvalue weighted by molar-refractivity contribution is 7.19. The second kappa shape index (κ2) is 5.69. The Hall–Kier alpha value is -2.35. The lowest BCUT2D eigenvalue weighted by Crippen LogP contribution is -2.05. The van der Waals surface area contributed by atoms with Crippen molar-refractivity contribution in [1.82, 2.24) is 9.97 Å². The largest absolute Gasteiger partial charge is 0.437 e. The Morgan fingerprint density at radius 2 is 1.96 bits per heavy atom. The van der Waals surface area contributed by atoms with Crippen LogP contribution in [0.1, 0.15) is 10.6 Å². The van der Waals surface area contributed by atoms with Crippen LogP contribution in [0, 0.1) is 6.92 Å². The van der Waals surface area contributed by atoms with E-state index in [0.717, 1.165) is 33.2 Å². The zero-order chi connectivity index (χ0) is 16.6. The molecule has 0 fully saturated rings. The number of thiazole rings is 1. The fraction of sp³-hybridized carbons (Fsp3) is 0.200. The normalized spacial score (nSPS) is 11.7. The van der Waals surface area contributed by atoms with Gasteiger partial charge in [0.05, 0.1) is 21.0 Å². The minimum Gasteiger partial charge on any atom is -0.437 e. The molecule has 1 aromatic carbocycles. The number of hydrogen-bond donors (Lipinski definition) is 1. The maximum absolute atomic E-state index is 12.5. The van der Waals surface area contributed by atoms with Crippen molar-refractivity contribution in [3.05, 3.63) is 41.0 Å². The van der Waals surface area contributed by atoms with E-state index in [0.29, 0.717) is 5.75 Å². The maximum atomic E-state index is 12.5. The third-order valence-corrected chi connectivity index (χ3v) is 4.15. The Kier molecular flexibility index (Phi) is 3.85. The third-order valence-electron chi connectivity index (χ3n) is 3.16. The van der Waals surface area contributed by atoms with Gasteiger partial charge in [0, 0.05) is 19.3 Å². The molecule has 2 heterocycles. The van der Waals surface area contributed by atoms with Crippen LogP contribution in [0.2, 0.25) is 0 Å². The first-order chi connectivity index (χ1) is 10.9. The molecule has 0 aliphatic carbocycles. The number of pyridine rings is 1. The van der Waals surface area contributed by atoms with Gasteiger partial charge in [-0.3, -0.25) is 0 Å². The van der Waals surface area contributed by atoms with Gasteiger partial charge in [0.1, 0.15) is 11.3 Å². The standard InChI is InChI=1S/C15H12F3N3OS/c1-8-21-13-10(19-2)4-5-11(14(13)23-8)22-12-6-3-9(7-20-12)15(16,17)18/h3-7,19H,1-2H3. The summed E-state index contributed by atoms with van der Waals surface area (Å²) in [6.45, 7) is 1.88. The first kappa shape index (κ1) is 15.5. The predicted octanol–water partition coefficient (Wildman–Crippen LogP) is 4.85. The van der Waals surface area contributed by atoms with Crippen molar-refractivity contribution in [3.63, 3.8) is 0 Å². The van der Waals surface area contributed by atoms with Crippen molar-refractivity contribution in [2.24, 2.45) is 0 Å². The van der Waals surface area contributed by atoms with E-state index < -0.39 is 11.7 Å². The molecule has 0 atom stereocenters. The molecule has 1 N–H and O–H groups in total. The fourth-order valence-corrected chi connectivity index (χ4v) is 2.99. The zero-order valence-electron chi connectivity index (χ0n) is 12.2. The Labute approximate surface area is 134 Å². The minimum absolute atomic E-state index is 0.0996. The van der Waals surface area contributed by atoms with Crippen molar-refractivity contribution < 1.29 is 17.9 Å². The van der Waals surface area contributed by atoms with E-state index in [1.54, 1.807) is 19.2 Å². The first-order valence-corrected chi connectivity index (χ1v) is 7.49. The van der Waals surface area contributed by atoms with E-state index in [4.69, 9.17) is 4.74 Å². The summed E-state index contributed by atoms with van der Waals surface area (Å²) in [6.07, 6.45) is -3.66. The number of alkyl halides is 3. The fourth-order valence-electron chi connectivity index (χ4n) is 2.09. The smallest absolute Gasteiger partial charge is 0.417 e. The number of benzene rings is 1. The Bertz CT molecular complexity index is 844. The molecule has 3 aromatic rings. The minimum atomic E-state index is -4.41. The molecule has 0 radical (unpaired) electrons. The van der Waals surface area contributed by atoms with Crippen LogP contribution < -0.4 is 10.1 Å². The van der Waals surface area contributed by atoms with Gasteiger partial charge in [-0.15, -0.1) is 11.3 Å². The number of aryl methyl sites for hydroxylation is 1. The Balaban J connectivity index is 1.96.